The van der Waals surface area contributed by atoms with Gasteiger partial charge in [-0.1, -0.05) is 12.1 Å². The molecule has 0 radical (unpaired) electrons. The number of hydrogen-bond donors (Lipinski definition) is 0. The van der Waals surface area contributed by atoms with E-state index in [0.29, 0.717) is 24.5 Å². The van der Waals surface area contributed by atoms with E-state index < -0.39 is 0 Å². The quantitative estimate of drug-likeness (QED) is 0.727. The lowest BCUT2D eigenvalue weighted by Crippen LogP contribution is -2.31. The number of aryl methyl sites for hydroxylation is 1. The van der Waals surface area contributed by atoms with Gasteiger partial charge >= 0.3 is 0 Å². The summed E-state index contributed by atoms with van der Waals surface area (Å²) in [6.45, 7) is 3.19. The maximum absolute atomic E-state index is 12.8. The number of carbonyl (C=O) groups excluding carboxylic acids is 1. The van der Waals surface area contributed by atoms with E-state index in [2.05, 4.69) is 10.1 Å². The van der Waals surface area contributed by atoms with E-state index in [1.54, 1.807) is 10.9 Å². The molecule has 4 rings (SSSR count). The Labute approximate surface area is 152 Å². The number of amides is 1. The van der Waals surface area contributed by atoms with Crippen molar-refractivity contribution in [2.24, 2.45) is 0 Å². The minimum atomic E-state index is -0.0254. The van der Waals surface area contributed by atoms with E-state index in [9.17, 15) is 4.79 Å². The zero-order valence-corrected chi connectivity index (χ0v) is 14.6. The first-order valence-corrected chi connectivity index (χ1v) is 8.69. The van der Waals surface area contributed by atoms with Gasteiger partial charge in [0.2, 0.25) is 5.88 Å². The molecule has 6 heteroatoms. The second-order valence-corrected chi connectivity index (χ2v) is 6.40. The van der Waals surface area contributed by atoms with Gasteiger partial charge in [-0.2, -0.15) is 5.10 Å². The molecule has 0 spiro atoms. The molecule has 0 unspecified atom stereocenters. The van der Waals surface area contributed by atoms with Crippen molar-refractivity contribution in [2.75, 3.05) is 13.1 Å². The predicted molar refractivity (Wildman–Crippen MR) is 97.5 cm³/mol. The monoisotopic (exact) mass is 348 g/mol. The third-order valence-corrected chi connectivity index (χ3v) is 4.44. The van der Waals surface area contributed by atoms with Gasteiger partial charge in [-0.05, 0) is 37.3 Å². The Morgan fingerprint density at radius 3 is 2.88 bits per heavy atom. The van der Waals surface area contributed by atoms with Crippen LogP contribution in [0.1, 0.15) is 22.5 Å². The normalized spacial score (nSPS) is 16.7. The van der Waals surface area contributed by atoms with Crippen LogP contribution in [0.4, 0.5) is 0 Å². The van der Waals surface area contributed by atoms with Crippen LogP contribution in [0.15, 0.2) is 60.9 Å². The standard InChI is InChI=1S/C20H20N4O2/c1-15-5-2-8-19(22-15)26-18-9-12-23(14-18)20(25)16-6-3-7-17(13-16)24-11-4-10-21-24/h2-8,10-11,13,18H,9,12,14H2,1H3/t18-/m0/s1. The average Bonchev–Trinajstić information content (AvgIpc) is 3.33. The highest BCUT2D eigenvalue weighted by Crippen LogP contribution is 2.20. The number of carbonyl (C=O) groups is 1. The molecule has 1 amide bonds. The van der Waals surface area contributed by atoms with Crippen LogP contribution < -0.4 is 4.74 Å². The zero-order valence-electron chi connectivity index (χ0n) is 14.6. The lowest BCUT2D eigenvalue weighted by molar-refractivity contribution is 0.0771. The van der Waals surface area contributed by atoms with E-state index in [4.69, 9.17) is 4.74 Å². The summed E-state index contributed by atoms with van der Waals surface area (Å²) in [5, 5.41) is 4.22. The van der Waals surface area contributed by atoms with Gasteiger partial charge < -0.3 is 9.64 Å². The van der Waals surface area contributed by atoms with Crippen molar-refractivity contribution in [1.82, 2.24) is 19.7 Å². The first-order valence-electron chi connectivity index (χ1n) is 8.69. The van der Waals surface area contributed by atoms with Crippen molar-refractivity contribution in [2.45, 2.75) is 19.4 Å². The molecule has 1 aromatic carbocycles. The van der Waals surface area contributed by atoms with Gasteiger partial charge in [0.1, 0.15) is 6.10 Å². The lowest BCUT2D eigenvalue weighted by atomic mass is 10.2. The third-order valence-electron chi connectivity index (χ3n) is 4.44. The van der Waals surface area contributed by atoms with Crippen LogP contribution in [0.5, 0.6) is 5.88 Å². The van der Waals surface area contributed by atoms with E-state index in [1.165, 1.54) is 0 Å². The van der Waals surface area contributed by atoms with Crippen LogP contribution in [-0.2, 0) is 0 Å². The van der Waals surface area contributed by atoms with Crippen LogP contribution in [0.3, 0.4) is 0 Å². The largest absolute Gasteiger partial charge is 0.472 e. The van der Waals surface area contributed by atoms with Crippen molar-refractivity contribution < 1.29 is 9.53 Å². The first-order chi connectivity index (χ1) is 12.7. The fraction of sp³-hybridized carbons (Fsp3) is 0.250. The summed E-state index contributed by atoms with van der Waals surface area (Å²) in [7, 11) is 0. The summed E-state index contributed by atoms with van der Waals surface area (Å²) in [4.78, 5) is 19.1. The second-order valence-electron chi connectivity index (χ2n) is 6.40. The topological polar surface area (TPSA) is 60.2 Å². The van der Waals surface area contributed by atoms with E-state index >= 15 is 0 Å². The average molecular weight is 348 g/mol. The number of benzene rings is 1. The number of ether oxygens (including phenoxy) is 1. The van der Waals surface area contributed by atoms with Crippen LogP contribution >= 0.6 is 0 Å². The third kappa shape index (κ3) is 3.44. The van der Waals surface area contributed by atoms with Gasteiger partial charge in [-0.25, -0.2) is 9.67 Å². The minimum absolute atomic E-state index is 0.0160. The first kappa shape index (κ1) is 16.3. The highest BCUT2D eigenvalue weighted by Gasteiger charge is 2.28. The molecular weight excluding hydrogens is 328 g/mol. The number of rotatable bonds is 4. The summed E-state index contributed by atoms with van der Waals surface area (Å²) >= 11 is 0. The van der Waals surface area contributed by atoms with Crippen molar-refractivity contribution >= 4 is 5.91 Å². The predicted octanol–water partition coefficient (Wildman–Crippen LogP) is 2.87. The summed E-state index contributed by atoms with van der Waals surface area (Å²) in [6, 6.07) is 15.1. The summed E-state index contributed by atoms with van der Waals surface area (Å²) in [6.07, 6.45) is 4.36. The molecule has 0 N–H and O–H groups in total. The van der Waals surface area contributed by atoms with Crippen molar-refractivity contribution in [1.29, 1.82) is 0 Å². The molecule has 1 aliphatic rings. The van der Waals surface area contributed by atoms with Gasteiger partial charge in [-0.15, -0.1) is 0 Å². The smallest absolute Gasteiger partial charge is 0.254 e. The Balaban J connectivity index is 1.44. The molecule has 3 aromatic rings. The molecule has 132 valence electrons. The van der Waals surface area contributed by atoms with Crippen molar-refractivity contribution in [3.05, 3.63) is 72.2 Å². The van der Waals surface area contributed by atoms with E-state index in [-0.39, 0.29) is 12.0 Å². The Kier molecular flexibility index (Phi) is 4.39. The molecule has 0 saturated carbocycles. The van der Waals surface area contributed by atoms with Gasteiger partial charge in [-0.3, -0.25) is 4.79 Å². The maximum atomic E-state index is 12.8. The van der Waals surface area contributed by atoms with E-state index in [0.717, 1.165) is 17.8 Å². The Morgan fingerprint density at radius 1 is 1.19 bits per heavy atom. The molecule has 2 aromatic heterocycles. The number of pyridine rings is 1. The fourth-order valence-electron chi connectivity index (χ4n) is 3.15. The van der Waals surface area contributed by atoms with Crippen LogP contribution in [0.25, 0.3) is 5.69 Å². The van der Waals surface area contributed by atoms with Gasteiger partial charge in [0, 0.05) is 42.7 Å². The van der Waals surface area contributed by atoms with Crippen molar-refractivity contribution in [3.8, 4) is 11.6 Å². The molecule has 3 heterocycles. The van der Waals surface area contributed by atoms with Crippen LogP contribution in [-0.4, -0.2) is 44.8 Å². The maximum Gasteiger partial charge on any atom is 0.254 e. The summed E-state index contributed by atoms with van der Waals surface area (Å²) in [5.74, 6) is 0.632. The molecule has 1 fully saturated rings. The van der Waals surface area contributed by atoms with Gasteiger partial charge in [0.25, 0.3) is 5.91 Å². The molecule has 0 aliphatic carbocycles. The Hall–Kier alpha value is -3.15. The molecule has 6 nitrogen and oxygen atoms in total. The van der Waals surface area contributed by atoms with Gasteiger partial charge in [0.15, 0.2) is 0 Å². The summed E-state index contributed by atoms with van der Waals surface area (Å²) < 4.78 is 7.68. The molecule has 1 atom stereocenters. The summed E-state index contributed by atoms with van der Waals surface area (Å²) in [5.41, 5.74) is 2.45. The second kappa shape index (κ2) is 7.00. The molecular formula is C20H20N4O2. The highest BCUT2D eigenvalue weighted by atomic mass is 16.5. The molecule has 1 saturated heterocycles. The Morgan fingerprint density at radius 2 is 2.08 bits per heavy atom. The Bertz CT molecular complexity index is 908. The number of hydrogen-bond acceptors (Lipinski definition) is 4. The van der Waals surface area contributed by atoms with Crippen molar-refractivity contribution in [3.63, 3.8) is 0 Å². The van der Waals surface area contributed by atoms with Crippen LogP contribution in [0.2, 0.25) is 0 Å². The molecule has 1 aliphatic heterocycles. The fourth-order valence-corrected chi connectivity index (χ4v) is 3.15. The highest BCUT2D eigenvalue weighted by molar-refractivity contribution is 5.95. The SMILES string of the molecule is Cc1cccc(O[C@H]2CCN(C(=O)c3cccc(-n4cccn4)c3)C2)n1. The number of likely N-dealkylation sites (tertiary alicyclic amines) is 1. The number of aromatic nitrogens is 3. The van der Waals surface area contributed by atoms with Crippen LogP contribution in [0, 0.1) is 6.92 Å². The lowest BCUT2D eigenvalue weighted by Gasteiger charge is -2.17. The number of nitrogens with zero attached hydrogens (tertiary/aromatic N) is 4. The zero-order chi connectivity index (χ0) is 17.9. The molecule has 26 heavy (non-hydrogen) atoms. The van der Waals surface area contributed by atoms with E-state index in [1.807, 2.05) is 66.6 Å². The van der Waals surface area contributed by atoms with Gasteiger partial charge in [0.05, 0.1) is 12.2 Å². The molecule has 0 bridgehead atoms. The minimum Gasteiger partial charge on any atom is -0.472 e.